The maximum Gasteiger partial charge on any atom is 0.0107 e. The lowest BCUT2D eigenvalue weighted by molar-refractivity contribution is 1.50. The van der Waals surface area contributed by atoms with E-state index in [1.165, 1.54) is 5.56 Å². The Hall–Kier alpha value is 0.180. The molecule has 0 bridgehead atoms. The molecular weight excluding hydrogens is 184 g/mol. The van der Waals surface area contributed by atoms with E-state index in [2.05, 4.69) is 39.2 Å². The summed E-state index contributed by atoms with van der Waals surface area (Å²) in [6.45, 7) is 0. The maximum absolute atomic E-state index is 3.32. The molecule has 0 amide bonds. The molecule has 0 aliphatic rings. The highest BCUT2D eigenvalue weighted by Crippen LogP contribution is 2.08. The van der Waals surface area contributed by atoms with E-state index in [1.807, 2.05) is 0 Å². The van der Waals surface area contributed by atoms with Crippen molar-refractivity contribution >= 4 is 27.3 Å². The number of alkyl halides is 1. The predicted octanol–water partition coefficient (Wildman–Crippen LogP) is 2.70. The minimum Gasteiger partial charge on any atom is -0.152 e. The van der Waals surface area contributed by atoms with Crippen LogP contribution >= 0.6 is 27.3 Å². The van der Waals surface area contributed by atoms with Gasteiger partial charge in [0.05, 0.1) is 0 Å². The average molecular weight is 190 g/mol. The monoisotopic (exact) mass is 189 g/mol. The molecule has 0 aromatic carbocycles. The van der Waals surface area contributed by atoms with Gasteiger partial charge in [-0.25, -0.2) is 0 Å². The van der Waals surface area contributed by atoms with E-state index in [1.54, 1.807) is 11.3 Å². The second kappa shape index (κ2) is 3.25. The third kappa shape index (κ3) is 1.60. The van der Waals surface area contributed by atoms with Gasteiger partial charge < -0.3 is 0 Å². The van der Waals surface area contributed by atoms with Gasteiger partial charge in [-0.05, 0) is 22.4 Å². The van der Waals surface area contributed by atoms with E-state index in [0.717, 1.165) is 5.33 Å². The highest BCUT2D eigenvalue weighted by atomic mass is 79.9. The maximum atomic E-state index is 3.32. The molecule has 0 saturated heterocycles. The first-order valence-electron chi connectivity index (χ1n) is 2.35. The molecule has 0 spiro atoms. The van der Waals surface area contributed by atoms with E-state index in [-0.39, 0.29) is 0 Å². The Morgan fingerprint density at radius 3 is 3.12 bits per heavy atom. The highest BCUT2D eigenvalue weighted by Gasteiger charge is 1.88. The quantitative estimate of drug-likeness (QED) is 0.629. The van der Waals surface area contributed by atoms with E-state index >= 15 is 0 Å². The van der Waals surface area contributed by atoms with Gasteiger partial charge in [-0.3, -0.25) is 0 Å². The Balaban J connectivity index is 2.50. The molecule has 1 rings (SSSR count). The first kappa shape index (κ1) is 6.30. The summed E-state index contributed by atoms with van der Waals surface area (Å²) in [6, 6.07) is 2.10. The molecule has 1 aromatic rings. The lowest BCUT2D eigenvalue weighted by Crippen LogP contribution is -1.73. The van der Waals surface area contributed by atoms with Gasteiger partial charge in [0.25, 0.3) is 0 Å². The Morgan fingerprint density at radius 1 is 1.75 bits per heavy atom. The molecule has 1 radical (unpaired) electrons. The second-order valence-corrected chi connectivity index (χ2v) is 2.84. The van der Waals surface area contributed by atoms with Crippen LogP contribution in [0.1, 0.15) is 5.56 Å². The Bertz CT molecular complexity index is 134. The molecule has 43 valence electrons. The fourth-order valence-electron chi connectivity index (χ4n) is 0.480. The van der Waals surface area contributed by atoms with E-state index in [0.29, 0.717) is 0 Å². The van der Waals surface area contributed by atoms with Crippen LogP contribution in [0.3, 0.4) is 0 Å². The van der Waals surface area contributed by atoms with Gasteiger partial charge >= 0.3 is 0 Å². The smallest absolute Gasteiger partial charge is 0.0107 e. The van der Waals surface area contributed by atoms with Crippen molar-refractivity contribution in [1.82, 2.24) is 0 Å². The van der Waals surface area contributed by atoms with E-state index < -0.39 is 0 Å². The highest BCUT2D eigenvalue weighted by molar-refractivity contribution is 9.09. The standard InChI is InChI=1S/C6H6BrS/c7-3-1-6-2-4-8-5-6/h1-2,4-5H,3H2. The van der Waals surface area contributed by atoms with Crippen molar-refractivity contribution in [2.45, 2.75) is 0 Å². The molecule has 1 aromatic heterocycles. The fraction of sp³-hybridized carbons (Fsp3) is 0.167. The predicted molar refractivity (Wildman–Crippen MR) is 41.5 cm³/mol. The molecule has 1 heterocycles. The molecular formula is C6H6BrS. The molecule has 0 aliphatic carbocycles. The van der Waals surface area contributed by atoms with Gasteiger partial charge in [-0.1, -0.05) is 15.9 Å². The second-order valence-electron chi connectivity index (χ2n) is 1.42. The first-order valence-corrected chi connectivity index (χ1v) is 4.41. The number of rotatable bonds is 2. The average Bonchev–Trinajstić information content (AvgIpc) is 2.19. The van der Waals surface area contributed by atoms with Gasteiger partial charge in [-0.2, -0.15) is 11.3 Å². The summed E-state index contributed by atoms with van der Waals surface area (Å²) in [7, 11) is 0. The molecule has 0 aliphatic heterocycles. The van der Waals surface area contributed by atoms with Gasteiger partial charge in [0.2, 0.25) is 0 Å². The summed E-state index contributed by atoms with van der Waals surface area (Å²) in [5.41, 5.74) is 1.31. The van der Waals surface area contributed by atoms with Crippen LogP contribution in [0.15, 0.2) is 16.8 Å². The number of thiophene rings is 1. The molecule has 0 fully saturated rings. The molecule has 0 saturated carbocycles. The van der Waals surface area contributed by atoms with Crippen LogP contribution in [0, 0.1) is 6.42 Å². The summed E-state index contributed by atoms with van der Waals surface area (Å²) in [4.78, 5) is 0. The molecule has 8 heavy (non-hydrogen) atoms. The van der Waals surface area contributed by atoms with Crippen LogP contribution in [-0.2, 0) is 0 Å². The van der Waals surface area contributed by atoms with Crippen molar-refractivity contribution < 1.29 is 0 Å². The molecule has 2 heteroatoms. The van der Waals surface area contributed by atoms with Gasteiger partial charge in [0, 0.05) is 11.8 Å². The Labute approximate surface area is 61.7 Å². The van der Waals surface area contributed by atoms with Crippen molar-refractivity contribution in [1.29, 1.82) is 0 Å². The van der Waals surface area contributed by atoms with Crippen molar-refractivity contribution in [2.24, 2.45) is 0 Å². The van der Waals surface area contributed by atoms with Gasteiger partial charge in [0.1, 0.15) is 0 Å². The van der Waals surface area contributed by atoms with E-state index in [4.69, 9.17) is 0 Å². The van der Waals surface area contributed by atoms with Crippen LogP contribution in [0.25, 0.3) is 0 Å². The topological polar surface area (TPSA) is 0 Å². The van der Waals surface area contributed by atoms with Gasteiger partial charge in [0.15, 0.2) is 0 Å². The minimum atomic E-state index is 0.948. The van der Waals surface area contributed by atoms with Crippen molar-refractivity contribution in [2.75, 3.05) is 5.33 Å². The summed E-state index contributed by atoms with van der Waals surface area (Å²) in [5.74, 6) is 0. The van der Waals surface area contributed by atoms with E-state index in [9.17, 15) is 0 Å². The van der Waals surface area contributed by atoms with Crippen LogP contribution in [0.5, 0.6) is 0 Å². The van der Waals surface area contributed by atoms with Crippen molar-refractivity contribution in [3.8, 4) is 0 Å². The Kier molecular flexibility index (Phi) is 2.56. The normalized spacial score (nSPS) is 9.62. The van der Waals surface area contributed by atoms with Crippen LogP contribution < -0.4 is 0 Å². The number of hydrogen-bond donors (Lipinski definition) is 0. The fourth-order valence-corrected chi connectivity index (χ4v) is 1.50. The largest absolute Gasteiger partial charge is 0.152 e. The van der Waals surface area contributed by atoms with Gasteiger partial charge in [-0.15, -0.1) is 0 Å². The first-order chi connectivity index (χ1) is 3.93. The van der Waals surface area contributed by atoms with Crippen LogP contribution in [0.4, 0.5) is 0 Å². The molecule has 0 atom stereocenters. The van der Waals surface area contributed by atoms with Crippen molar-refractivity contribution in [3.05, 3.63) is 28.8 Å². The zero-order chi connectivity index (χ0) is 5.82. The zero-order valence-electron chi connectivity index (χ0n) is 4.30. The molecule has 0 unspecified atom stereocenters. The zero-order valence-corrected chi connectivity index (χ0v) is 6.71. The molecule has 0 N–H and O–H groups in total. The molecule has 0 nitrogen and oxygen atoms in total. The Morgan fingerprint density at radius 2 is 2.62 bits per heavy atom. The summed E-state index contributed by atoms with van der Waals surface area (Å²) in [5, 5.41) is 5.15. The summed E-state index contributed by atoms with van der Waals surface area (Å²) < 4.78 is 0. The van der Waals surface area contributed by atoms with Crippen molar-refractivity contribution in [3.63, 3.8) is 0 Å². The lowest BCUT2D eigenvalue weighted by Gasteiger charge is -1.84. The summed E-state index contributed by atoms with van der Waals surface area (Å²) in [6.07, 6.45) is 2.14. The number of halogens is 1. The minimum absolute atomic E-state index is 0.948. The summed E-state index contributed by atoms with van der Waals surface area (Å²) >= 11 is 5.05. The van der Waals surface area contributed by atoms with Crippen LogP contribution in [-0.4, -0.2) is 5.33 Å². The lowest BCUT2D eigenvalue weighted by atomic mass is 10.3. The SMILES string of the molecule is BrC[CH]c1ccsc1. The third-order valence-corrected chi connectivity index (χ3v) is 1.88. The number of hydrogen-bond acceptors (Lipinski definition) is 1. The van der Waals surface area contributed by atoms with Crippen LogP contribution in [0.2, 0.25) is 0 Å². The third-order valence-electron chi connectivity index (χ3n) is 0.856.